The van der Waals surface area contributed by atoms with Crippen molar-refractivity contribution in [2.45, 2.75) is 19.9 Å². The minimum atomic E-state index is -0.932. The first-order chi connectivity index (χ1) is 11.4. The minimum Gasteiger partial charge on any atom is -0.399 e. The van der Waals surface area contributed by atoms with Crippen molar-refractivity contribution in [1.82, 2.24) is 4.90 Å². The van der Waals surface area contributed by atoms with Crippen LogP contribution in [0.2, 0.25) is 0 Å². The van der Waals surface area contributed by atoms with Gasteiger partial charge in [0.2, 0.25) is 5.91 Å². The highest BCUT2D eigenvalue weighted by atomic mass is 16.2. The number of hydrogen-bond acceptors (Lipinski definition) is 4. The van der Waals surface area contributed by atoms with Gasteiger partial charge in [-0.25, -0.2) is 0 Å². The quantitative estimate of drug-likeness (QED) is 0.669. The number of carbonyl (C=O) groups excluding carboxylic acids is 3. The van der Waals surface area contributed by atoms with Crippen LogP contribution in [0.1, 0.15) is 33.2 Å². The van der Waals surface area contributed by atoms with Crippen molar-refractivity contribution in [2.75, 3.05) is 11.1 Å². The van der Waals surface area contributed by atoms with Crippen LogP contribution in [0.15, 0.2) is 42.5 Å². The Bertz CT molecular complexity index is 825. The van der Waals surface area contributed by atoms with Gasteiger partial charge in [0.25, 0.3) is 11.8 Å². The molecule has 6 heteroatoms. The van der Waals surface area contributed by atoms with Crippen LogP contribution in [-0.2, 0) is 4.79 Å². The zero-order valence-corrected chi connectivity index (χ0v) is 13.4. The number of aryl methyl sites for hydroxylation is 1. The maximum absolute atomic E-state index is 12.5. The second kappa shape index (κ2) is 5.81. The molecule has 3 amide bonds. The number of amides is 3. The molecule has 0 bridgehead atoms. The van der Waals surface area contributed by atoms with E-state index in [0.29, 0.717) is 22.5 Å². The zero-order valence-electron chi connectivity index (χ0n) is 13.4. The van der Waals surface area contributed by atoms with Gasteiger partial charge >= 0.3 is 0 Å². The maximum Gasteiger partial charge on any atom is 0.262 e. The number of hydrogen-bond donors (Lipinski definition) is 2. The van der Waals surface area contributed by atoms with Crippen LogP contribution in [-0.4, -0.2) is 28.7 Å². The molecule has 2 aromatic carbocycles. The van der Waals surface area contributed by atoms with Crippen LogP contribution in [0.25, 0.3) is 0 Å². The molecule has 6 nitrogen and oxygen atoms in total. The fourth-order valence-electron chi connectivity index (χ4n) is 2.69. The molecule has 1 heterocycles. The van der Waals surface area contributed by atoms with Crippen molar-refractivity contribution in [1.29, 1.82) is 0 Å². The summed E-state index contributed by atoms with van der Waals surface area (Å²) in [7, 11) is 0. The first kappa shape index (κ1) is 15.7. The molecule has 122 valence electrons. The summed E-state index contributed by atoms with van der Waals surface area (Å²) in [6.07, 6.45) is 0. The second-order valence-corrected chi connectivity index (χ2v) is 5.77. The molecule has 1 aliphatic rings. The third-order valence-electron chi connectivity index (χ3n) is 4.11. The summed E-state index contributed by atoms with van der Waals surface area (Å²) in [5, 5.41) is 2.73. The molecule has 0 aliphatic carbocycles. The van der Waals surface area contributed by atoms with E-state index in [2.05, 4.69) is 5.32 Å². The number of nitrogens with one attached hydrogen (secondary N) is 1. The van der Waals surface area contributed by atoms with Crippen LogP contribution in [0.5, 0.6) is 0 Å². The summed E-state index contributed by atoms with van der Waals surface area (Å²) in [5.41, 5.74) is 8.29. The topological polar surface area (TPSA) is 92.5 Å². The van der Waals surface area contributed by atoms with Crippen LogP contribution in [0.4, 0.5) is 11.4 Å². The first-order valence-electron chi connectivity index (χ1n) is 7.54. The average molecular weight is 323 g/mol. The first-order valence-corrected chi connectivity index (χ1v) is 7.54. The molecular weight excluding hydrogens is 306 g/mol. The highest BCUT2D eigenvalue weighted by molar-refractivity contribution is 6.23. The van der Waals surface area contributed by atoms with Crippen LogP contribution < -0.4 is 11.1 Å². The summed E-state index contributed by atoms with van der Waals surface area (Å²) in [4.78, 5) is 38.4. The van der Waals surface area contributed by atoms with E-state index in [9.17, 15) is 14.4 Å². The summed E-state index contributed by atoms with van der Waals surface area (Å²) in [6.45, 7) is 3.36. The van der Waals surface area contributed by atoms with E-state index in [1.165, 1.54) is 6.92 Å². The van der Waals surface area contributed by atoms with E-state index in [4.69, 9.17) is 5.73 Å². The Balaban J connectivity index is 1.83. The van der Waals surface area contributed by atoms with Gasteiger partial charge < -0.3 is 11.1 Å². The lowest BCUT2D eigenvalue weighted by molar-refractivity contribution is -0.119. The number of anilines is 2. The molecule has 3 N–H and O–H groups in total. The number of carbonyl (C=O) groups is 3. The number of imide groups is 1. The number of benzene rings is 2. The van der Waals surface area contributed by atoms with Crippen molar-refractivity contribution >= 4 is 29.1 Å². The van der Waals surface area contributed by atoms with E-state index >= 15 is 0 Å². The summed E-state index contributed by atoms with van der Waals surface area (Å²) >= 11 is 0. The highest BCUT2D eigenvalue weighted by Gasteiger charge is 2.40. The SMILES string of the molecule is Cc1ccc(N)cc1NC(=O)C(C)N1C(=O)c2ccccc2C1=O. The molecule has 0 saturated carbocycles. The van der Waals surface area contributed by atoms with Crippen molar-refractivity contribution in [3.63, 3.8) is 0 Å². The van der Waals surface area contributed by atoms with Crippen LogP contribution >= 0.6 is 0 Å². The molecule has 0 fully saturated rings. The molecule has 1 unspecified atom stereocenters. The maximum atomic E-state index is 12.5. The van der Waals surface area contributed by atoms with Crippen molar-refractivity contribution < 1.29 is 14.4 Å². The third-order valence-corrected chi connectivity index (χ3v) is 4.11. The van der Waals surface area contributed by atoms with Crippen molar-refractivity contribution in [2.24, 2.45) is 0 Å². The molecule has 0 spiro atoms. The van der Waals surface area contributed by atoms with Gasteiger partial charge in [-0.05, 0) is 43.7 Å². The highest BCUT2D eigenvalue weighted by Crippen LogP contribution is 2.25. The normalized spacial score (nSPS) is 14.5. The predicted octanol–water partition coefficient (Wildman–Crippen LogP) is 2.20. The van der Waals surface area contributed by atoms with Gasteiger partial charge in [0.15, 0.2) is 0 Å². The van der Waals surface area contributed by atoms with Crippen molar-refractivity contribution in [3.05, 3.63) is 59.2 Å². The van der Waals surface area contributed by atoms with E-state index < -0.39 is 23.8 Å². The monoisotopic (exact) mass is 323 g/mol. The Morgan fingerprint density at radius 3 is 2.25 bits per heavy atom. The fraction of sp³-hybridized carbons (Fsp3) is 0.167. The van der Waals surface area contributed by atoms with Gasteiger partial charge in [0.1, 0.15) is 6.04 Å². The fourth-order valence-corrected chi connectivity index (χ4v) is 2.69. The van der Waals surface area contributed by atoms with E-state index in [0.717, 1.165) is 10.5 Å². The molecular formula is C18H17N3O3. The van der Waals surface area contributed by atoms with E-state index in [-0.39, 0.29) is 0 Å². The molecule has 1 aliphatic heterocycles. The molecule has 0 radical (unpaired) electrons. The molecule has 0 saturated heterocycles. The standard InChI is InChI=1S/C18H17N3O3/c1-10-7-8-12(19)9-15(10)20-16(22)11(2)21-17(23)13-5-3-4-6-14(13)18(21)24/h3-9,11H,19H2,1-2H3,(H,20,22). The number of nitrogens with zero attached hydrogens (tertiary/aromatic N) is 1. The minimum absolute atomic E-state index is 0.322. The average Bonchev–Trinajstić information content (AvgIpc) is 2.82. The van der Waals surface area contributed by atoms with Gasteiger partial charge in [0.05, 0.1) is 11.1 Å². The Labute approximate surface area is 139 Å². The Hall–Kier alpha value is -3.15. The zero-order chi connectivity index (χ0) is 17.4. The number of rotatable bonds is 3. The number of nitrogen functional groups attached to an aromatic ring is 1. The lowest BCUT2D eigenvalue weighted by atomic mass is 10.1. The summed E-state index contributed by atoms with van der Waals surface area (Å²) in [5.74, 6) is -1.36. The third kappa shape index (κ3) is 2.52. The van der Waals surface area contributed by atoms with Gasteiger partial charge in [-0.3, -0.25) is 19.3 Å². The number of fused-ring (bicyclic) bond motifs is 1. The summed E-state index contributed by atoms with van der Waals surface area (Å²) < 4.78 is 0. The Morgan fingerprint density at radius 2 is 1.67 bits per heavy atom. The van der Waals surface area contributed by atoms with Crippen molar-refractivity contribution in [3.8, 4) is 0 Å². The predicted molar refractivity (Wildman–Crippen MR) is 90.6 cm³/mol. The van der Waals surface area contributed by atoms with Gasteiger partial charge in [-0.15, -0.1) is 0 Å². The Kier molecular flexibility index (Phi) is 3.81. The van der Waals surface area contributed by atoms with E-state index in [1.54, 1.807) is 42.5 Å². The number of nitrogens with two attached hydrogens (primary N) is 1. The lowest BCUT2D eigenvalue weighted by Crippen LogP contribution is -2.45. The molecule has 1 atom stereocenters. The molecule has 3 rings (SSSR count). The summed E-state index contributed by atoms with van der Waals surface area (Å²) in [6, 6.07) is 10.8. The smallest absolute Gasteiger partial charge is 0.262 e. The Morgan fingerprint density at radius 1 is 1.08 bits per heavy atom. The van der Waals surface area contributed by atoms with Crippen LogP contribution in [0.3, 0.4) is 0 Å². The molecule has 0 aromatic heterocycles. The van der Waals surface area contributed by atoms with Gasteiger partial charge in [0, 0.05) is 11.4 Å². The largest absolute Gasteiger partial charge is 0.399 e. The molecule has 24 heavy (non-hydrogen) atoms. The molecule has 2 aromatic rings. The van der Waals surface area contributed by atoms with Crippen LogP contribution in [0, 0.1) is 6.92 Å². The van der Waals surface area contributed by atoms with E-state index in [1.807, 2.05) is 6.92 Å². The van der Waals surface area contributed by atoms with Gasteiger partial charge in [-0.2, -0.15) is 0 Å². The lowest BCUT2D eigenvalue weighted by Gasteiger charge is -2.22. The van der Waals surface area contributed by atoms with Gasteiger partial charge in [-0.1, -0.05) is 18.2 Å². The second-order valence-electron chi connectivity index (χ2n) is 5.77.